The highest BCUT2D eigenvalue weighted by Gasteiger charge is 2.11. The molecule has 1 aliphatic rings. The Morgan fingerprint density at radius 3 is 3.31 bits per heavy atom. The first kappa shape index (κ1) is 8.82. The van der Waals surface area contributed by atoms with E-state index in [2.05, 4.69) is 42.7 Å². The third-order valence-corrected chi connectivity index (χ3v) is 2.40. The van der Waals surface area contributed by atoms with Gasteiger partial charge in [-0.05, 0) is 22.8 Å². The van der Waals surface area contributed by atoms with E-state index in [4.69, 9.17) is 0 Å². The highest BCUT2D eigenvalue weighted by Crippen LogP contribution is 2.21. The van der Waals surface area contributed by atoms with Gasteiger partial charge in [-0.25, -0.2) is 4.98 Å². The molecule has 0 radical (unpaired) electrons. The summed E-state index contributed by atoms with van der Waals surface area (Å²) in [5.41, 5.74) is 2.39. The van der Waals surface area contributed by atoms with Crippen molar-refractivity contribution in [3.63, 3.8) is 0 Å². The highest BCUT2D eigenvalue weighted by atomic mass is 127. The molecule has 0 aliphatic carbocycles. The Morgan fingerprint density at radius 2 is 2.46 bits per heavy atom. The van der Waals surface area contributed by atoms with Gasteiger partial charge in [0.05, 0.1) is 0 Å². The fourth-order valence-corrected chi connectivity index (χ4v) is 1.83. The van der Waals surface area contributed by atoms with Crippen LogP contribution in [0.25, 0.3) is 0 Å². The summed E-state index contributed by atoms with van der Waals surface area (Å²) in [5.74, 6) is 4.11. The molecule has 0 bridgehead atoms. The minimum Gasteiger partial charge on any atom is -0.370 e. The largest absolute Gasteiger partial charge is 0.370 e. The van der Waals surface area contributed by atoms with E-state index in [0.29, 0.717) is 0 Å². The third-order valence-electron chi connectivity index (χ3n) is 2.13. The van der Waals surface area contributed by atoms with Crippen molar-refractivity contribution in [3.05, 3.63) is 23.4 Å². The number of rotatable bonds is 0. The zero-order valence-electron chi connectivity index (χ0n) is 7.10. The van der Waals surface area contributed by atoms with E-state index in [1.165, 1.54) is 12.0 Å². The van der Waals surface area contributed by atoms with Gasteiger partial charge in [0.2, 0.25) is 0 Å². The number of anilines is 1. The molecule has 66 valence electrons. The monoisotopic (exact) mass is 284 g/mol. The third kappa shape index (κ3) is 1.78. The summed E-state index contributed by atoms with van der Waals surface area (Å²) in [4.78, 5) is 4.28. The molecule has 0 saturated heterocycles. The van der Waals surface area contributed by atoms with E-state index in [1.807, 2.05) is 12.3 Å². The smallest absolute Gasteiger partial charge is 0.130 e. The number of aromatic nitrogens is 1. The van der Waals surface area contributed by atoms with Crippen LogP contribution in [-0.4, -0.2) is 11.5 Å². The Labute approximate surface area is 91.3 Å². The van der Waals surface area contributed by atoms with Crippen molar-refractivity contribution >= 4 is 28.4 Å². The average molecular weight is 284 g/mol. The minimum absolute atomic E-state index is 1.02. The van der Waals surface area contributed by atoms with Crippen LogP contribution in [0.1, 0.15) is 17.5 Å². The van der Waals surface area contributed by atoms with E-state index < -0.39 is 0 Å². The lowest BCUT2D eigenvalue weighted by Gasteiger charge is -2.17. The summed E-state index contributed by atoms with van der Waals surface area (Å²) in [5, 5.41) is 3.28. The van der Waals surface area contributed by atoms with Gasteiger partial charge in [0.15, 0.2) is 0 Å². The molecule has 1 aliphatic heterocycles. The second-order valence-electron chi connectivity index (χ2n) is 2.94. The Balaban J connectivity index is 2.49. The number of fused-ring (bicyclic) bond motifs is 1. The van der Waals surface area contributed by atoms with Gasteiger partial charge in [0.1, 0.15) is 5.82 Å². The number of pyridine rings is 1. The maximum atomic E-state index is 4.28. The normalized spacial score (nSPS) is 13.6. The van der Waals surface area contributed by atoms with Crippen LogP contribution >= 0.6 is 22.6 Å². The molecule has 0 aromatic carbocycles. The van der Waals surface area contributed by atoms with E-state index >= 15 is 0 Å². The van der Waals surface area contributed by atoms with E-state index in [-0.39, 0.29) is 0 Å². The molecule has 0 unspecified atom stereocenters. The molecule has 3 heteroatoms. The van der Waals surface area contributed by atoms with Crippen LogP contribution in [0.4, 0.5) is 5.82 Å². The quantitative estimate of drug-likeness (QED) is 0.583. The molecule has 1 aromatic heterocycles. The van der Waals surface area contributed by atoms with Crippen molar-refractivity contribution < 1.29 is 0 Å². The zero-order valence-corrected chi connectivity index (χ0v) is 9.26. The van der Waals surface area contributed by atoms with Crippen molar-refractivity contribution in [3.8, 4) is 9.85 Å². The molecule has 0 spiro atoms. The van der Waals surface area contributed by atoms with Crippen molar-refractivity contribution in [1.82, 2.24) is 4.98 Å². The van der Waals surface area contributed by atoms with Gasteiger partial charge in [-0.15, -0.1) is 0 Å². The number of nitrogens with zero attached hydrogens (tertiary/aromatic N) is 1. The first-order chi connectivity index (χ1) is 6.42. The fraction of sp³-hybridized carbons (Fsp3) is 0.300. The summed E-state index contributed by atoms with van der Waals surface area (Å²) in [6.45, 7) is 1.03. The number of nitrogens with one attached hydrogen (secondary N) is 1. The molecule has 0 fully saturated rings. The van der Waals surface area contributed by atoms with E-state index in [9.17, 15) is 0 Å². The first-order valence-corrected chi connectivity index (χ1v) is 5.33. The Morgan fingerprint density at radius 1 is 1.54 bits per heavy atom. The molecule has 2 rings (SSSR count). The predicted molar refractivity (Wildman–Crippen MR) is 61.9 cm³/mol. The Bertz CT molecular complexity index is 376. The zero-order chi connectivity index (χ0) is 9.10. The van der Waals surface area contributed by atoms with Crippen LogP contribution in [-0.2, 0) is 6.42 Å². The molecule has 2 nitrogen and oxygen atoms in total. The van der Waals surface area contributed by atoms with Crippen LogP contribution in [0.2, 0.25) is 0 Å². The number of halogens is 1. The van der Waals surface area contributed by atoms with Gasteiger partial charge in [-0.3, -0.25) is 0 Å². The van der Waals surface area contributed by atoms with Crippen molar-refractivity contribution in [2.24, 2.45) is 0 Å². The van der Waals surface area contributed by atoms with Crippen LogP contribution in [0.3, 0.4) is 0 Å². The maximum Gasteiger partial charge on any atom is 0.130 e. The van der Waals surface area contributed by atoms with Crippen molar-refractivity contribution in [1.29, 1.82) is 0 Å². The van der Waals surface area contributed by atoms with E-state index in [1.54, 1.807) is 0 Å². The average Bonchev–Trinajstić information content (AvgIpc) is 2.19. The lowest BCUT2D eigenvalue weighted by atomic mass is 10.0. The maximum absolute atomic E-state index is 4.28. The molecule has 13 heavy (non-hydrogen) atoms. The molecular formula is C10H9IN2. The van der Waals surface area contributed by atoms with Gasteiger partial charge < -0.3 is 5.32 Å². The summed E-state index contributed by atoms with van der Waals surface area (Å²) in [6.07, 6.45) is 4.08. The second kappa shape index (κ2) is 3.97. The molecule has 0 amide bonds. The van der Waals surface area contributed by atoms with Gasteiger partial charge in [0, 0.05) is 46.5 Å². The van der Waals surface area contributed by atoms with Crippen LogP contribution in [0.15, 0.2) is 12.3 Å². The minimum atomic E-state index is 1.02. The number of hydrogen-bond donors (Lipinski definition) is 1. The van der Waals surface area contributed by atoms with Crippen molar-refractivity contribution in [2.75, 3.05) is 11.9 Å². The summed E-state index contributed by atoms with van der Waals surface area (Å²) in [6, 6.07) is 1.98. The summed E-state index contributed by atoms with van der Waals surface area (Å²) in [7, 11) is 0. The lowest BCUT2D eigenvalue weighted by molar-refractivity contribution is 0.815. The molecule has 1 N–H and O–H groups in total. The molecule has 1 aromatic rings. The SMILES string of the molecule is IC#Cc1ccnc2c1CCCN2. The van der Waals surface area contributed by atoms with Gasteiger partial charge in [0.25, 0.3) is 0 Å². The van der Waals surface area contributed by atoms with Crippen molar-refractivity contribution in [2.45, 2.75) is 12.8 Å². The summed E-state index contributed by atoms with van der Waals surface area (Å²) < 4.78 is 2.90. The predicted octanol–water partition coefficient (Wildman–Crippen LogP) is 2.18. The Kier molecular flexibility index (Phi) is 2.69. The van der Waals surface area contributed by atoms with Crippen LogP contribution in [0, 0.1) is 9.85 Å². The molecule has 0 atom stereocenters. The standard InChI is InChI=1S/C10H9IN2/c11-5-3-8-4-7-13-10-9(8)2-1-6-12-10/h4,7H,1-2,6H2,(H,12,13). The molecule has 2 heterocycles. The number of hydrogen-bond acceptors (Lipinski definition) is 2. The topological polar surface area (TPSA) is 24.9 Å². The molecule has 0 saturated carbocycles. The highest BCUT2D eigenvalue weighted by molar-refractivity contribution is 14.1. The van der Waals surface area contributed by atoms with Crippen LogP contribution < -0.4 is 5.32 Å². The molecular weight excluding hydrogens is 275 g/mol. The van der Waals surface area contributed by atoms with E-state index in [0.717, 1.165) is 24.3 Å². The first-order valence-electron chi connectivity index (χ1n) is 4.25. The van der Waals surface area contributed by atoms with Gasteiger partial charge >= 0.3 is 0 Å². The van der Waals surface area contributed by atoms with Crippen LogP contribution in [0.5, 0.6) is 0 Å². The lowest BCUT2D eigenvalue weighted by Crippen LogP contribution is -2.14. The van der Waals surface area contributed by atoms with Gasteiger partial charge in [-0.1, -0.05) is 5.92 Å². The fourth-order valence-electron chi connectivity index (χ4n) is 1.54. The Hall–Kier alpha value is -0.760. The van der Waals surface area contributed by atoms with Gasteiger partial charge in [-0.2, -0.15) is 0 Å². The second-order valence-corrected chi connectivity index (χ2v) is 3.47. The summed E-state index contributed by atoms with van der Waals surface area (Å²) >= 11 is 2.06.